The van der Waals surface area contributed by atoms with Crippen LogP contribution in [0, 0.1) is 5.82 Å². The molecule has 3 heterocycles. The number of fused-ring (bicyclic) bond motifs is 3. The summed E-state index contributed by atoms with van der Waals surface area (Å²) in [5.74, 6) is 0.205. The van der Waals surface area contributed by atoms with E-state index in [2.05, 4.69) is 4.98 Å². The van der Waals surface area contributed by atoms with Gasteiger partial charge < -0.3 is 4.57 Å². The number of pyridine rings is 1. The minimum atomic E-state index is -0.294. The summed E-state index contributed by atoms with van der Waals surface area (Å²) in [5, 5.41) is 0. The summed E-state index contributed by atoms with van der Waals surface area (Å²) < 4.78 is 17.2. The summed E-state index contributed by atoms with van der Waals surface area (Å²) in [5.41, 5.74) is 3.37. The topological polar surface area (TPSA) is 52.2 Å². The number of hydrogen-bond donors (Lipinski definition) is 0. The van der Waals surface area contributed by atoms with Crippen LogP contribution in [0.2, 0.25) is 0 Å². The first-order valence-corrected chi connectivity index (χ1v) is 8.87. The Morgan fingerprint density at radius 1 is 0.857 bits per heavy atom. The van der Waals surface area contributed by atoms with Crippen LogP contribution in [0.15, 0.2) is 83.8 Å². The van der Waals surface area contributed by atoms with Gasteiger partial charge in [0.2, 0.25) is 5.78 Å². The van der Waals surface area contributed by atoms with E-state index in [1.807, 2.05) is 53.1 Å². The highest BCUT2D eigenvalue weighted by Gasteiger charge is 2.15. The predicted octanol–water partition coefficient (Wildman–Crippen LogP) is 3.90. The fourth-order valence-corrected chi connectivity index (χ4v) is 3.49. The normalized spacial score (nSPS) is 11.3. The third-order valence-corrected chi connectivity index (χ3v) is 4.71. The van der Waals surface area contributed by atoms with Gasteiger partial charge in [-0.15, -0.1) is 0 Å². The molecule has 2 aromatic carbocycles. The summed E-state index contributed by atoms with van der Waals surface area (Å²) in [6, 6.07) is 21.0. The largest absolute Gasteiger partial charge is 0.305 e. The summed E-state index contributed by atoms with van der Waals surface area (Å²) in [6.07, 6.45) is 1.67. The van der Waals surface area contributed by atoms with Gasteiger partial charge in [0.1, 0.15) is 5.82 Å². The van der Waals surface area contributed by atoms with Crippen molar-refractivity contribution in [3.8, 4) is 11.4 Å². The lowest BCUT2D eigenvalue weighted by Crippen LogP contribution is -2.15. The second-order valence-electron chi connectivity index (χ2n) is 6.53. The van der Waals surface area contributed by atoms with Crippen molar-refractivity contribution < 1.29 is 4.39 Å². The molecule has 0 atom stereocenters. The Morgan fingerprint density at radius 2 is 1.68 bits per heavy atom. The molecule has 5 rings (SSSR count). The van der Waals surface area contributed by atoms with E-state index < -0.39 is 0 Å². The number of rotatable bonds is 3. The van der Waals surface area contributed by atoms with Gasteiger partial charge in [0.05, 0.1) is 29.0 Å². The maximum atomic E-state index is 13.7. The summed E-state index contributed by atoms with van der Waals surface area (Å²) in [7, 11) is 0. The molecule has 6 heteroatoms. The molecule has 3 aromatic heterocycles. The van der Waals surface area contributed by atoms with Crippen LogP contribution in [0.3, 0.4) is 0 Å². The standard InChI is InChI=1S/C22H15FN4O/c23-16-7-5-6-15(12-16)14-26-19-9-1-2-10-20(19)27-21(28)13-18(25-22(26)27)17-8-3-4-11-24-17/h1-13H,14H2. The third kappa shape index (κ3) is 2.66. The fourth-order valence-electron chi connectivity index (χ4n) is 3.49. The van der Waals surface area contributed by atoms with Gasteiger partial charge in [0.25, 0.3) is 5.56 Å². The average Bonchev–Trinajstić information content (AvgIpc) is 3.03. The van der Waals surface area contributed by atoms with Crippen molar-refractivity contribution in [2.45, 2.75) is 6.54 Å². The predicted molar refractivity (Wildman–Crippen MR) is 106 cm³/mol. The molecule has 0 aliphatic carbocycles. The smallest absolute Gasteiger partial charge is 0.260 e. The molecule has 0 saturated heterocycles. The molecular weight excluding hydrogens is 355 g/mol. The minimum absolute atomic E-state index is 0.181. The molecule has 0 radical (unpaired) electrons. The quantitative estimate of drug-likeness (QED) is 0.484. The van der Waals surface area contributed by atoms with Crippen LogP contribution >= 0.6 is 0 Å². The highest BCUT2D eigenvalue weighted by Crippen LogP contribution is 2.22. The van der Waals surface area contributed by atoms with Gasteiger partial charge in [-0.3, -0.25) is 9.78 Å². The number of para-hydroxylation sites is 2. The molecule has 0 spiro atoms. The van der Waals surface area contributed by atoms with Crippen LogP contribution in [0.25, 0.3) is 28.2 Å². The number of imidazole rings is 1. The summed E-state index contributed by atoms with van der Waals surface area (Å²) in [6.45, 7) is 0.396. The van der Waals surface area contributed by atoms with Crippen molar-refractivity contribution in [2.75, 3.05) is 0 Å². The van der Waals surface area contributed by atoms with Gasteiger partial charge in [-0.2, -0.15) is 0 Å². The highest BCUT2D eigenvalue weighted by molar-refractivity contribution is 5.81. The molecule has 0 aliphatic heterocycles. The van der Waals surface area contributed by atoms with Crippen LogP contribution < -0.4 is 5.56 Å². The zero-order chi connectivity index (χ0) is 19.1. The van der Waals surface area contributed by atoms with E-state index in [4.69, 9.17) is 4.98 Å². The Kier molecular flexibility index (Phi) is 3.76. The molecule has 0 aliphatic rings. The van der Waals surface area contributed by atoms with Gasteiger partial charge in [0, 0.05) is 12.3 Å². The number of halogens is 1. The molecule has 0 fully saturated rings. The molecule has 136 valence electrons. The Morgan fingerprint density at radius 3 is 2.46 bits per heavy atom. The van der Waals surface area contributed by atoms with Crippen LogP contribution in [0.4, 0.5) is 4.39 Å². The van der Waals surface area contributed by atoms with Crippen molar-refractivity contribution in [1.82, 2.24) is 18.9 Å². The molecule has 28 heavy (non-hydrogen) atoms. The van der Waals surface area contributed by atoms with Crippen LogP contribution in [-0.2, 0) is 6.54 Å². The zero-order valence-corrected chi connectivity index (χ0v) is 14.8. The molecule has 5 nitrogen and oxygen atoms in total. The second-order valence-corrected chi connectivity index (χ2v) is 6.53. The van der Waals surface area contributed by atoms with E-state index >= 15 is 0 Å². The fraction of sp³-hybridized carbons (Fsp3) is 0.0455. The summed E-state index contributed by atoms with van der Waals surface area (Å²) >= 11 is 0. The molecule has 0 bridgehead atoms. The van der Waals surface area contributed by atoms with E-state index in [1.54, 1.807) is 16.7 Å². The summed E-state index contributed by atoms with van der Waals surface area (Å²) in [4.78, 5) is 22.0. The Labute approximate surface area is 159 Å². The molecule has 0 amide bonds. The number of nitrogens with zero attached hydrogens (tertiary/aromatic N) is 4. The number of hydrogen-bond acceptors (Lipinski definition) is 3. The van der Waals surface area contributed by atoms with Gasteiger partial charge in [0.15, 0.2) is 0 Å². The van der Waals surface area contributed by atoms with E-state index in [1.165, 1.54) is 18.2 Å². The first kappa shape index (κ1) is 16.4. The molecular formula is C22H15FN4O. The van der Waals surface area contributed by atoms with Crippen molar-refractivity contribution in [3.63, 3.8) is 0 Å². The molecule has 0 saturated carbocycles. The Balaban J connectivity index is 1.81. The highest BCUT2D eigenvalue weighted by atomic mass is 19.1. The third-order valence-electron chi connectivity index (χ3n) is 4.71. The Hall–Kier alpha value is -3.80. The van der Waals surface area contributed by atoms with Crippen LogP contribution in [-0.4, -0.2) is 18.9 Å². The molecule has 0 unspecified atom stereocenters. The van der Waals surface area contributed by atoms with Crippen molar-refractivity contribution >= 4 is 16.8 Å². The zero-order valence-electron chi connectivity index (χ0n) is 14.8. The van der Waals surface area contributed by atoms with Crippen LogP contribution in [0.5, 0.6) is 0 Å². The van der Waals surface area contributed by atoms with E-state index in [-0.39, 0.29) is 11.4 Å². The van der Waals surface area contributed by atoms with Crippen molar-refractivity contribution in [1.29, 1.82) is 0 Å². The lowest BCUT2D eigenvalue weighted by molar-refractivity contribution is 0.624. The maximum Gasteiger partial charge on any atom is 0.260 e. The van der Waals surface area contributed by atoms with E-state index in [9.17, 15) is 9.18 Å². The van der Waals surface area contributed by atoms with Crippen molar-refractivity contribution in [2.24, 2.45) is 0 Å². The van der Waals surface area contributed by atoms with Gasteiger partial charge >= 0.3 is 0 Å². The SMILES string of the molecule is O=c1cc(-c2ccccn2)nc2n(Cc3cccc(F)c3)c3ccccc3n12. The van der Waals surface area contributed by atoms with Gasteiger partial charge in [-0.05, 0) is 42.0 Å². The Bertz CT molecular complexity index is 1370. The van der Waals surface area contributed by atoms with Gasteiger partial charge in [-0.1, -0.05) is 30.3 Å². The number of benzene rings is 2. The monoisotopic (exact) mass is 370 g/mol. The molecule has 5 aromatic rings. The minimum Gasteiger partial charge on any atom is -0.305 e. The van der Waals surface area contributed by atoms with Crippen LogP contribution in [0.1, 0.15) is 5.56 Å². The lowest BCUT2D eigenvalue weighted by atomic mass is 10.2. The van der Waals surface area contributed by atoms with Gasteiger partial charge in [-0.25, -0.2) is 13.8 Å². The van der Waals surface area contributed by atoms with Crippen molar-refractivity contribution in [3.05, 3.63) is 101 Å². The first-order chi connectivity index (χ1) is 13.7. The lowest BCUT2D eigenvalue weighted by Gasteiger charge is -2.07. The molecule has 0 N–H and O–H groups in total. The average molecular weight is 370 g/mol. The van der Waals surface area contributed by atoms with E-state index in [0.29, 0.717) is 23.7 Å². The second kappa shape index (κ2) is 6.42. The maximum absolute atomic E-state index is 13.7. The number of aromatic nitrogens is 4. The first-order valence-electron chi connectivity index (χ1n) is 8.87. The van der Waals surface area contributed by atoms with E-state index in [0.717, 1.165) is 16.6 Å².